The van der Waals surface area contributed by atoms with Gasteiger partial charge in [0.2, 0.25) is 0 Å². The summed E-state index contributed by atoms with van der Waals surface area (Å²) in [4.78, 5) is 4.41. The number of aryl methyl sites for hydroxylation is 1. The topological polar surface area (TPSA) is 50.7 Å². The predicted molar refractivity (Wildman–Crippen MR) is 72.3 cm³/mol. The molecule has 0 aliphatic heterocycles. The van der Waals surface area contributed by atoms with Crippen molar-refractivity contribution in [1.82, 2.24) is 20.5 Å². The van der Waals surface area contributed by atoms with E-state index in [4.69, 9.17) is 0 Å². The molecule has 0 saturated heterocycles. The monoisotopic (exact) mass is 268 g/mol. The highest BCUT2D eigenvalue weighted by atomic mass is 32.1. The molecule has 0 aliphatic rings. The fourth-order valence-electron chi connectivity index (χ4n) is 1.36. The lowest BCUT2D eigenvalue weighted by Crippen LogP contribution is -2.18. The molecule has 0 bridgehead atoms. The molecule has 0 aliphatic carbocycles. The standard InChI is InChI=1S/C11H16N4S2/c1-7(2)4-12-5-10-14-15-11(17-10)9-6-16-8(3)13-9/h6-7,12H,4-5H2,1-3H3. The van der Waals surface area contributed by atoms with Crippen LogP contribution in [-0.2, 0) is 6.54 Å². The summed E-state index contributed by atoms with van der Waals surface area (Å²) in [6.45, 7) is 8.18. The van der Waals surface area contributed by atoms with Crippen LogP contribution in [0, 0.1) is 12.8 Å². The van der Waals surface area contributed by atoms with E-state index in [1.807, 2.05) is 12.3 Å². The SMILES string of the molecule is Cc1nc(-c2nnc(CNCC(C)C)s2)cs1. The average molecular weight is 268 g/mol. The minimum Gasteiger partial charge on any atom is -0.310 e. The van der Waals surface area contributed by atoms with Crippen molar-refractivity contribution in [2.45, 2.75) is 27.3 Å². The normalized spacial score (nSPS) is 11.3. The molecule has 6 heteroatoms. The number of thiazole rings is 1. The van der Waals surface area contributed by atoms with Gasteiger partial charge in [0.1, 0.15) is 10.7 Å². The van der Waals surface area contributed by atoms with E-state index < -0.39 is 0 Å². The first-order valence-electron chi connectivity index (χ1n) is 5.60. The minimum atomic E-state index is 0.656. The quantitative estimate of drug-likeness (QED) is 0.906. The Kier molecular flexibility index (Phi) is 4.20. The Balaban J connectivity index is 1.96. The van der Waals surface area contributed by atoms with E-state index in [1.54, 1.807) is 22.7 Å². The van der Waals surface area contributed by atoms with Crippen molar-refractivity contribution in [3.05, 3.63) is 15.4 Å². The number of hydrogen-bond acceptors (Lipinski definition) is 6. The molecule has 1 N–H and O–H groups in total. The number of hydrogen-bond donors (Lipinski definition) is 1. The highest BCUT2D eigenvalue weighted by Crippen LogP contribution is 2.24. The Labute approximate surface area is 109 Å². The molecule has 0 unspecified atom stereocenters. The summed E-state index contributed by atoms with van der Waals surface area (Å²) in [5.74, 6) is 0.656. The molecule has 2 rings (SSSR count). The zero-order valence-electron chi connectivity index (χ0n) is 10.2. The molecule has 0 spiro atoms. The van der Waals surface area contributed by atoms with Gasteiger partial charge in [-0.3, -0.25) is 0 Å². The van der Waals surface area contributed by atoms with E-state index in [0.29, 0.717) is 5.92 Å². The first-order chi connectivity index (χ1) is 8.15. The van der Waals surface area contributed by atoms with Crippen LogP contribution in [0.5, 0.6) is 0 Å². The maximum Gasteiger partial charge on any atom is 0.167 e. The third kappa shape index (κ3) is 3.55. The molecule has 0 atom stereocenters. The Morgan fingerprint density at radius 2 is 2.18 bits per heavy atom. The van der Waals surface area contributed by atoms with Gasteiger partial charge in [0.25, 0.3) is 0 Å². The van der Waals surface area contributed by atoms with Gasteiger partial charge in [-0.2, -0.15) is 0 Å². The van der Waals surface area contributed by atoms with Gasteiger partial charge in [-0.05, 0) is 19.4 Å². The largest absolute Gasteiger partial charge is 0.310 e. The van der Waals surface area contributed by atoms with Crippen LogP contribution in [0.3, 0.4) is 0 Å². The molecule has 0 saturated carbocycles. The van der Waals surface area contributed by atoms with Gasteiger partial charge in [-0.1, -0.05) is 25.2 Å². The Bertz CT molecular complexity index is 475. The van der Waals surface area contributed by atoms with Crippen LogP contribution >= 0.6 is 22.7 Å². The van der Waals surface area contributed by atoms with E-state index in [-0.39, 0.29) is 0 Å². The van der Waals surface area contributed by atoms with Crippen molar-refractivity contribution in [1.29, 1.82) is 0 Å². The molecule has 17 heavy (non-hydrogen) atoms. The van der Waals surface area contributed by atoms with Gasteiger partial charge < -0.3 is 5.32 Å². The van der Waals surface area contributed by atoms with Crippen molar-refractivity contribution in [2.75, 3.05) is 6.54 Å². The van der Waals surface area contributed by atoms with Gasteiger partial charge in [-0.15, -0.1) is 21.5 Å². The first-order valence-corrected chi connectivity index (χ1v) is 7.30. The summed E-state index contributed by atoms with van der Waals surface area (Å²) in [6, 6.07) is 0. The molecule has 2 aromatic heterocycles. The second kappa shape index (κ2) is 5.66. The van der Waals surface area contributed by atoms with Crippen molar-refractivity contribution in [3.63, 3.8) is 0 Å². The molecular formula is C11H16N4S2. The van der Waals surface area contributed by atoms with Crippen LogP contribution in [0.2, 0.25) is 0 Å². The van der Waals surface area contributed by atoms with Crippen LogP contribution in [0.15, 0.2) is 5.38 Å². The van der Waals surface area contributed by atoms with Gasteiger partial charge in [0.05, 0.1) is 5.01 Å². The lowest BCUT2D eigenvalue weighted by molar-refractivity contribution is 0.550. The summed E-state index contributed by atoms with van der Waals surface area (Å²) >= 11 is 3.25. The maximum atomic E-state index is 4.41. The van der Waals surface area contributed by atoms with Crippen LogP contribution in [0.1, 0.15) is 23.9 Å². The molecule has 92 valence electrons. The smallest absolute Gasteiger partial charge is 0.167 e. The molecule has 0 aromatic carbocycles. The highest BCUT2D eigenvalue weighted by Gasteiger charge is 2.09. The van der Waals surface area contributed by atoms with E-state index >= 15 is 0 Å². The van der Waals surface area contributed by atoms with Crippen LogP contribution in [0.25, 0.3) is 10.7 Å². The van der Waals surface area contributed by atoms with Gasteiger partial charge in [0, 0.05) is 11.9 Å². The highest BCUT2D eigenvalue weighted by molar-refractivity contribution is 7.15. The summed E-state index contributed by atoms with van der Waals surface area (Å²) in [5.41, 5.74) is 0.945. The lowest BCUT2D eigenvalue weighted by Gasteiger charge is -2.03. The van der Waals surface area contributed by atoms with Crippen LogP contribution in [0.4, 0.5) is 0 Å². The zero-order chi connectivity index (χ0) is 12.3. The van der Waals surface area contributed by atoms with E-state index in [9.17, 15) is 0 Å². The van der Waals surface area contributed by atoms with Crippen LogP contribution < -0.4 is 5.32 Å². The zero-order valence-corrected chi connectivity index (χ0v) is 11.9. The van der Waals surface area contributed by atoms with E-state index in [2.05, 4.69) is 34.3 Å². The molecule has 0 amide bonds. The summed E-state index contributed by atoms with van der Waals surface area (Å²) in [6.07, 6.45) is 0. The Hall–Kier alpha value is -0.850. The molecule has 0 fully saturated rings. The third-order valence-corrected chi connectivity index (χ3v) is 3.85. The molecule has 0 radical (unpaired) electrons. The van der Waals surface area contributed by atoms with Crippen molar-refractivity contribution >= 4 is 22.7 Å². The molecule has 2 heterocycles. The second-order valence-electron chi connectivity index (χ2n) is 4.28. The fourth-order valence-corrected chi connectivity index (χ4v) is 2.80. The van der Waals surface area contributed by atoms with Gasteiger partial charge in [-0.25, -0.2) is 4.98 Å². The number of nitrogens with zero attached hydrogens (tertiary/aromatic N) is 3. The summed E-state index contributed by atoms with van der Waals surface area (Å²) < 4.78 is 0. The molecular weight excluding hydrogens is 252 g/mol. The van der Waals surface area contributed by atoms with Crippen molar-refractivity contribution in [3.8, 4) is 10.7 Å². The van der Waals surface area contributed by atoms with Crippen molar-refractivity contribution in [2.24, 2.45) is 5.92 Å². The minimum absolute atomic E-state index is 0.656. The average Bonchev–Trinajstić information content (AvgIpc) is 2.86. The number of aromatic nitrogens is 3. The summed E-state index contributed by atoms with van der Waals surface area (Å²) in [5, 5.41) is 16.7. The van der Waals surface area contributed by atoms with E-state index in [1.165, 1.54) is 0 Å². The van der Waals surface area contributed by atoms with Crippen molar-refractivity contribution < 1.29 is 0 Å². The molecule has 2 aromatic rings. The first kappa shape index (κ1) is 12.6. The third-order valence-electron chi connectivity index (χ3n) is 2.13. The maximum absolute atomic E-state index is 4.41. The van der Waals surface area contributed by atoms with E-state index in [0.717, 1.165) is 33.8 Å². The lowest BCUT2D eigenvalue weighted by atomic mass is 10.2. The predicted octanol–water partition coefficient (Wildman–Crippen LogP) is 2.72. The fraction of sp³-hybridized carbons (Fsp3) is 0.545. The Morgan fingerprint density at radius 1 is 1.35 bits per heavy atom. The Morgan fingerprint density at radius 3 is 2.82 bits per heavy atom. The van der Waals surface area contributed by atoms with Crippen LogP contribution in [-0.4, -0.2) is 21.7 Å². The second-order valence-corrected chi connectivity index (χ2v) is 6.40. The number of rotatable bonds is 5. The van der Waals surface area contributed by atoms with Gasteiger partial charge in [0.15, 0.2) is 5.01 Å². The van der Waals surface area contributed by atoms with Gasteiger partial charge >= 0.3 is 0 Å². The number of nitrogens with one attached hydrogen (secondary N) is 1. The molecule has 4 nitrogen and oxygen atoms in total. The summed E-state index contributed by atoms with van der Waals surface area (Å²) in [7, 11) is 0.